The van der Waals surface area contributed by atoms with Crippen LogP contribution >= 0.6 is 0 Å². The lowest BCUT2D eigenvalue weighted by atomic mass is 10.1. The fourth-order valence-corrected chi connectivity index (χ4v) is 1.35. The monoisotopic (exact) mass is 204 g/mol. The van der Waals surface area contributed by atoms with Crippen molar-refractivity contribution >= 4 is 5.69 Å². The van der Waals surface area contributed by atoms with E-state index in [1.54, 1.807) is 7.11 Å². The summed E-state index contributed by atoms with van der Waals surface area (Å²) in [5, 5.41) is 11.6. The normalized spacial score (nSPS) is 9.47. The van der Waals surface area contributed by atoms with Gasteiger partial charge in [0.05, 0.1) is 25.3 Å². The summed E-state index contributed by atoms with van der Waals surface area (Å²) in [6.07, 6.45) is 0.496. The van der Waals surface area contributed by atoms with Gasteiger partial charge in [-0.2, -0.15) is 5.26 Å². The number of nitrogens with zero attached hydrogens (tertiary/aromatic N) is 1. The summed E-state index contributed by atoms with van der Waals surface area (Å²) in [7, 11) is 1.65. The van der Waals surface area contributed by atoms with E-state index in [4.69, 9.17) is 10.00 Å². The molecule has 0 saturated carbocycles. The molecule has 0 aliphatic carbocycles. The first kappa shape index (κ1) is 11.4. The van der Waals surface area contributed by atoms with Gasteiger partial charge in [-0.3, -0.25) is 0 Å². The number of aryl methyl sites for hydroxylation is 2. The summed E-state index contributed by atoms with van der Waals surface area (Å²) in [6.45, 7) is 4.76. The van der Waals surface area contributed by atoms with Crippen LogP contribution in [0.1, 0.15) is 17.5 Å². The summed E-state index contributed by atoms with van der Waals surface area (Å²) in [5.41, 5.74) is 3.38. The van der Waals surface area contributed by atoms with Crippen molar-refractivity contribution in [3.8, 4) is 11.8 Å². The maximum atomic E-state index is 8.45. The Balaban J connectivity index is 2.86. The number of anilines is 1. The van der Waals surface area contributed by atoms with Crippen molar-refractivity contribution in [1.82, 2.24) is 0 Å². The van der Waals surface area contributed by atoms with Gasteiger partial charge in [0, 0.05) is 6.54 Å². The van der Waals surface area contributed by atoms with Gasteiger partial charge in [0.2, 0.25) is 0 Å². The first-order chi connectivity index (χ1) is 7.19. The molecule has 15 heavy (non-hydrogen) atoms. The van der Waals surface area contributed by atoms with E-state index in [1.165, 1.54) is 11.1 Å². The third-order valence-electron chi connectivity index (χ3n) is 2.37. The van der Waals surface area contributed by atoms with Crippen LogP contribution in [0.3, 0.4) is 0 Å². The molecule has 1 aromatic rings. The van der Waals surface area contributed by atoms with Crippen molar-refractivity contribution in [2.24, 2.45) is 0 Å². The Morgan fingerprint density at radius 3 is 2.60 bits per heavy atom. The molecule has 0 fully saturated rings. The largest absolute Gasteiger partial charge is 0.495 e. The van der Waals surface area contributed by atoms with Gasteiger partial charge in [0.1, 0.15) is 5.75 Å². The van der Waals surface area contributed by atoms with E-state index in [2.05, 4.69) is 25.2 Å². The Morgan fingerprint density at radius 2 is 2.00 bits per heavy atom. The Hall–Kier alpha value is -1.69. The molecule has 0 atom stereocenters. The van der Waals surface area contributed by atoms with Crippen molar-refractivity contribution in [3.05, 3.63) is 23.3 Å². The van der Waals surface area contributed by atoms with Crippen LogP contribution in [0.5, 0.6) is 5.75 Å². The highest BCUT2D eigenvalue weighted by Gasteiger charge is 2.04. The van der Waals surface area contributed by atoms with E-state index in [1.807, 2.05) is 12.1 Å². The summed E-state index contributed by atoms with van der Waals surface area (Å²) in [5.74, 6) is 0.830. The fourth-order valence-electron chi connectivity index (χ4n) is 1.35. The van der Waals surface area contributed by atoms with Crippen LogP contribution in [0.15, 0.2) is 12.1 Å². The number of ether oxygens (including phenoxy) is 1. The molecule has 3 heteroatoms. The molecule has 0 aliphatic rings. The minimum absolute atomic E-state index is 0.496. The van der Waals surface area contributed by atoms with Crippen molar-refractivity contribution < 1.29 is 4.74 Å². The van der Waals surface area contributed by atoms with Crippen molar-refractivity contribution in [2.45, 2.75) is 20.3 Å². The third-order valence-corrected chi connectivity index (χ3v) is 2.37. The Labute approximate surface area is 90.7 Å². The maximum absolute atomic E-state index is 8.45. The first-order valence-corrected chi connectivity index (χ1v) is 4.95. The Morgan fingerprint density at radius 1 is 1.33 bits per heavy atom. The standard InChI is InChI=1S/C12H16N2O/c1-9-7-11(14-6-4-5-13)12(15-3)8-10(9)2/h7-8,14H,4,6H2,1-3H3. The molecular formula is C12H16N2O. The molecule has 0 radical (unpaired) electrons. The van der Waals surface area contributed by atoms with Crippen LogP contribution in [-0.2, 0) is 0 Å². The van der Waals surface area contributed by atoms with Gasteiger partial charge >= 0.3 is 0 Å². The van der Waals surface area contributed by atoms with Gasteiger partial charge in [-0.1, -0.05) is 0 Å². The molecular weight excluding hydrogens is 188 g/mol. The summed E-state index contributed by atoms with van der Waals surface area (Å²) < 4.78 is 5.27. The number of hydrogen-bond acceptors (Lipinski definition) is 3. The van der Waals surface area contributed by atoms with Crippen molar-refractivity contribution in [1.29, 1.82) is 5.26 Å². The zero-order valence-corrected chi connectivity index (χ0v) is 9.42. The lowest BCUT2D eigenvalue weighted by Crippen LogP contribution is -2.03. The number of nitriles is 1. The van der Waals surface area contributed by atoms with Gasteiger partial charge in [-0.15, -0.1) is 0 Å². The van der Waals surface area contributed by atoms with E-state index < -0.39 is 0 Å². The second-order valence-electron chi connectivity index (χ2n) is 3.47. The zero-order valence-electron chi connectivity index (χ0n) is 9.42. The van der Waals surface area contributed by atoms with E-state index in [-0.39, 0.29) is 0 Å². The van der Waals surface area contributed by atoms with Crippen LogP contribution < -0.4 is 10.1 Å². The highest BCUT2D eigenvalue weighted by molar-refractivity contribution is 5.60. The zero-order chi connectivity index (χ0) is 11.3. The first-order valence-electron chi connectivity index (χ1n) is 4.95. The van der Waals surface area contributed by atoms with Crippen LogP contribution in [0.2, 0.25) is 0 Å². The van der Waals surface area contributed by atoms with E-state index in [9.17, 15) is 0 Å². The smallest absolute Gasteiger partial charge is 0.142 e. The molecule has 3 nitrogen and oxygen atoms in total. The van der Waals surface area contributed by atoms with E-state index in [0.29, 0.717) is 13.0 Å². The molecule has 0 spiro atoms. The second kappa shape index (κ2) is 5.26. The van der Waals surface area contributed by atoms with Crippen molar-refractivity contribution in [3.63, 3.8) is 0 Å². The van der Waals surface area contributed by atoms with Gasteiger partial charge in [-0.05, 0) is 37.1 Å². The predicted octanol–water partition coefficient (Wildman–Crippen LogP) is 2.64. The molecule has 0 aliphatic heterocycles. The summed E-state index contributed by atoms with van der Waals surface area (Å²) in [6, 6.07) is 6.15. The van der Waals surface area contributed by atoms with Crippen LogP contribution in [-0.4, -0.2) is 13.7 Å². The third kappa shape index (κ3) is 2.88. The van der Waals surface area contributed by atoms with Crippen molar-refractivity contribution in [2.75, 3.05) is 19.0 Å². The highest BCUT2D eigenvalue weighted by atomic mass is 16.5. The van der Waals surface area contributed by atoms with E-state index >= 15 is 0 Å². The topological polar surface area (TPSA) is 45.0 Å². The average Bonchev–Trinajstić information content (AvgIpc) is 2.23. The fraction of sp³-hybridized carbons (Fsp3) is 0.417. The number of methoxy groups -OCH3 is 1. The van der Waals surface area contributed by atoms with Crippen LogP contribution in [0.4, 0.5) is 5.69 Å². The quantitative estimate of drug-likeness (QED) is 0.767. The van der Waals surface area contributed by atoms with Gasteiger partial charge in [0.25, 0.3) is 0 Å². The molecule has 1 rings (SSSR count). The predicted molar refractivity (Wildman–Crippen MR) is 61.2 cm³/mol. The highest BCUT2D eigenvalue weighted by Crippen LogP contribution is 2.27. The molecule has 0 aromatic heterocycles. The molecule has 0 unspecified atom stereocenters. The Bertz CT molecular complexity index is 380. The molecule has 1 aromatic carbocycles. The minimum atomic E-state index is 0.496. The summed E-state index contributed by atoms with van der Waals surface area (Å²) >= 11 is 0. The van der Waals surface area contributed by atoms with Gasteiger partial charge in [-0.25, -0.2) is 0 Å². The molecule has 1 N–H and O–H groups in total. The molecule has 80 valence electrons. The maximum Gasteiger partial charge on any atom is 0.142 e. The molecule has 0 amide bonds. The van der Waals surface area contributed by atoms with E-state index in [0.717, 1.165) is 11.4 Å². The molecule has 0 bridgehead atoms. The van der Waals surface area contributed by atoms with Crippen LogP contribution in [0, 0.1) is 25.2 Å². The number of benzene rings is 1. The average molecular weight is 204 g/mol. The minimum Gasteiger partial charge on any atom is -0.495 e. The van der Waals surface area contributed by atoms with Crippen LogP contribution in [0.25, 0.3) is 0 Å². The Kier molecular flexibility index (Phi) is 3.99. The summed E-state index contributed by atoms with van der Waals surface area (Å²) in [4.78, 5) is 0. The number of hydrogen-bond donors (Lipinski definition) is 1. The van der Waals surface area contributed by atoms with Gasteiger partial charge < -0.3 is 10.1 Å². The van der Waals surface area contributed by atoms with Gasteiger partial charge in [0.15, 0.2) is 0 Å². The lowest BCUT2D eigenvalue weighted by molar-refractivity contribution is 0.416. The lowest BCUT2D eigenvalue weighted by Gasteiger charge is -2.12. The SMILES string of the molecule is COc1cc(C)c(C)cc1NCCC#N. The number of nitrogens with one attached hydrogen (secondary N) is 1. The number of rotatable bonds is 4. The molecule has 0 saturated heterocycles. The molecule has 0 heterocycles. The second-order valence-corrected chi connectivity index (χ2v) is 3.47.